The molecule has 0 aromatic carbocycles. The van der Waals surface area contributed by atoms with Crippen LogP contribution in [0.25, 0.3) is 0 Å². The average molecular weight is 761 g/mol. The molecule has 0 aromatic rings. The summed E-state index contributed by atoms with van der Waals surface area (Å²) < 4.78 is 16.7. The van der Waals surface area contributed by atoms with Gasteiger partial charge >= 0.3 is 17.9 Å². The SMILES string of the molecule is CCC/C=C\CCCCCCCC(=O)OCC(COC(=O)CCCCCCCCCCCCCCCCC)OC(=O)CCCCCCC/C=C\CCCC. The molecule has 0 heterocycles. The van der Waals surface area contributed by atoms with Crippen molar-refractivity contribution in [2.75, 3.05) is 13.2 Å². The molecule has 1 atom stereocenters. The Bertz CT molecular complexity index is 880. The van der Waals surface area contributed by atoms with Gasteiger partial charge in [0, 0.05) is 19.3 Å². The second kappa shape index (κ2) is 43.6. The van der Waals surface area contributed by atoms with E-state index in [1.54, 1.807) is 0 Å². The lowest BCUT2D eigenvalue weighted by atomic mass is 10.0. The van der Waals surface area contributed by atoms with Gasteiger partial charge in [0.1, 0.15) is 13.2 Å². The zero-order chi connectivity index (χ0) is 39.4. The minimum absolute atomic E-state index is 0.0743. The highest BCUT2D eigenvalue weighted by Gasteiger charge is 2.19. The van der Waals surface area contributed by atoms with Crippen molar-refractivity contribution in [3.63, 3.8) is 0 Å². The zero-order valence-electron chi connectivity index (χ0n) is 36.0. The number of ether oxygens (including phenoxy) is 3. The molecule has 0 aromatic heterocycles. The number of rotatable bonds is 42. The van der Waals surface area contributed by atoms with Crippen LogP contribution in [-0.4, -0.2) is 37.2 Å². The van der Waals surface area contributed by atoms with Crippen LogP contribution < -0.4 is 0 Å². The van der Waals surface area contributed by atoms with Gasteiger partial charge in [-0.15, -0.1) is 0 Å². The smallest absolute Gasteiger partial charge is 0.306 e. The number of esters is 3. The first-order valence-electron chi connectivity index (χ1n) is 23.3. The molecule has 0 aliphatic heterocycles. The fourth-order valence-electron chi connectivity index (χ4n) is 6.60. The Balaban J connectivity index is 4.32. The average Bonchev–Trinajstić information content (AvgIpc) is 3.17. The summed E-state index contributed by atoms with van der Waals surface area (Å²) in [6.45, 7) is 6.53. The zero-order valence-corrected chi connectivity index (χ0v) is 36.0. The van der Waals surface area contributed by atoms with E-state index in [0.29, 0.717) is 19.3 Å². The van der Waals surface area contributed by atoms with E-state index in [2.05, 4.69) is 45.1 Å². The lowest BCUT2D eigenvalue weighted by Crippen LogP contribution is -2.30. The number of allylic oxidation sites excluding steroid dienone is 4. The molecule has 316 valence electrons. The highest BCUT2D eigenvalue weighted by Crippen LogP contribution is 2.15. The maximum Gasteiger partial charge on any atom is 0.306 e. The summed E-state index contributed by atoms with van der Waals surface area (Å²) in [5.41, 5.74) is 0. The van der Waals surface area contributed by atoms with Crippen molar-refractivity contribution in [1.82, 2.24) is 0 Å². The van der Waals surface area contributed by atoms with Crippen LogP contribution >= 0.6 is 0 Å². The lowest BCUT2D eigenvalue weighted by Gasteiger charge is -2.18. The molecule has 0 amide bonds. The van der Waals surface area contributed by atoms with Crippen molar-refractivity contribution >= 4 is 17.9 Å². The van der Waals surface area contributed by atoms with Gasteiger partial charge < -0.3 is 14.2 Å². The highest BCUT2D eigenvalue weighted by molar-refractivity contribution is 5.71. The first-order chi connectivity index (χ1) is 26.5. The lowest BCUT2D eigenvalue weighted by molar-refractivity contribution is -0.167. The van der Waals surface area contributed by atoms with Crippen molar-refractivity contribution in [3.05, 3.63) is 24.3 Å². The van der Waals surface area contributed by atoms with Gasteiger partial charge in [0.25, 0.3) is 0 Å². The summed E-state index contributed by atoms with van der Waals surface area (Å²) in [6, 6.07) is 0. The Morgan fingerprint density at radius 3 is 1.06 bits per heavy atom. The first-order valence-corrected chi connectivity index (χ1v) is 23.3. The summed E-state index contributed by atoms with van der Waals surface area (Å²) in [4.78, 5) is 37.7. The van der Waals surface area contributed by atoms with E-state index in [9.17, 15) is 14.4 Å². The maximum atomic E-state index is 12.7. The molecule has 0 bridgehead atoms. The van der Waals surface area contributed by atoms with Gasteiger partial charge in [-0.25, -0.2) is 0 Å². The molecule has 0 aliphatic carbocycles. The van der Waals surface area contributed by atoms with Gasteiger partial charge in [-0.2, -0.15) is 0 Å². The largest absolute Gasteiger partial charge is 0.462 e. The van der Waals surface area contributed by atoms with Gasteiger partial charge in [0.15, 0.2) is 6.10 Å². The van der Waals surface area contributed by atoms with Gasteiger partial charge in [0.2, 0.25) is 0 Å². The first kappa shape index (κ1) is 51.9. The molecule has 1 unspecified atom stereocenters. The molecular weight excluding hydrogens is 673 g/mol. The normalized spacial score (nSPS) is 12.1. The summed E-state index contributed by atoms with van der Waals surface area (Å²) in [7, 11) is 0. The van der Waals surface area contributed by atoms with Gasteiger partial charge in [-0.1, -0.05) is 193 Å². The van der Waals surface area contributed by atoms with E-state index >= 15 is 0 Å². The Labute approximate surface area is 334 Å². The van der Waals surface area contributed by atoms with Crippen molar-refractivity contribution < 1.29 is 28.6 Å². The molecule has 6 nitrogen and oxygen atoms in total. The summed E-state index contributed by atoms with van der Waals surface area (Å²) in [6.07, 6.45) is 47.3. The van der Waals surface area contributed by atoms with Crippen LogP contribution in [0.1, 0.15) is 245 Å². The molecular formula is C48H88O6. The molecule has 0 aliphatic rings. The van der Waals surface area contributed by atoms with Crippen molar-refractivity contribution in [1.29, 1.82) is 0 Å². The molecule has 0 N–H and O–H groups in total. The van der Waals surface area contributed by atoms with E-state index in [1.165, 1.54) is 122 Å². The molecule has 6 heteroatoms. The van der Waals surface area contributed by atoms with Crippen molar-refractivity contribution in [2.24, 2.45) is 0 Å². The van der Waals surface area contributed by atoms with Gasteiger partial charge in [-0.3, -0.25) is 14.4 Å². The minimum atomic E-state index is -0.772. The predicted molar refractivity (Wildman–Crippen MR) is 229 cm³/mol. The third-order valence-corrected chi connectivity index (χ3v) is 10.2. The fourth-order valence-corrected chi connectivity index (χ4v) is 6.60. The van der Waals surface area contributed by atoms with Gasteiger partial charge in [-0.05, 0) is 57.8 Å². The molecule has 0 saturated carbocycles. The van der Waals surface area contributed by atoms with E-state index in [1.807, 2.05) is 0 Å². The number of carbonyl (C=O) groups excluding carboxylic acids is 3. The Morgan fingerprint density at radius 2 is 0.667 bits per heavy atom. The Morgan fingerprint density at radius 1 is 0.352 bits per heavy atom. The highest BCUT2D eigenvalue weighted by atomic mass is 16.6. The Hall–Kier alpha value is -2.11. The topological polar surface area (TPSA) is 78.9 Å². The number of unbranched alkanes of at least 4 members (excludes halogenated alkanes) is 27. The standard InChI is InChI=1S/C48H88O6/c1-4-7-10-13-16-19-22-23-24-25-27-29-32-35-38-41-47(50)53-44-45(43-52-46(49)40-37-34-31-28-21-18-15-12-9-6-3)54-48(51)42-39-36-33-30-26-20-17-14-11-8-5-2/h12,14-15,17,45H,4-11,13,16,18-44H2,1-3H3/b15-12-,17-14-. The second-order valence-corrected chi connectivity index (χ2v) is 15.7. The van der Waals surface area contributed by atoms with Gasteiger partial charge in [0.05, 0.1) is 0 Å². The van der Waals surface area contributed by atoms with Crippen LogP contribution in [0.3, 0.4) is 0 Å². The predicted octanol–water partition coefficient (Wildman–Crippen LogP) is 14.8. The van der Waals surface area contributed by atoms with Crippen LogP contribution in [0.5, 0.6) is 0 Å². The van der Waals surface area contributed by atoms with Crippen LogP contribution in [0.2, 0.25) is 0 Å². The van der Waals surface area contributed by atoms with E-state index in [0.717, 1.165) is 83.5 Å². The number of carbonyl (C=O) groups is 3. The van der Waals surface area contributed by atoms with E-state index in [-0.39, 0.29) is 31.1 Å². The van der Waals surface area contributed by atoms with Crippen LogP contribution in [0.4, 0.5) is 0 Å². The fraction of sp³-hybridized carbons (Fsp3) is 0.854. The number of hydrogen-bond donors (Lipinski definition) is 0. The van der Waals surface area contributed by atoms with Crippen molar-refractivity contribution in [2.45, 2.75) is 252 Å². The molecule has 0 rings (SSSR count). The summed E-state index contributed by atoms with van der Waals surface area (Å²) in [5.74, 6) is -0.890. The van der Waals surface area contributed by atoms with E-state index in [4.69, 9.17) is 14.2 Å². The third kappa shape index (κ3) is 41.1. The summed E-state index contributed by atoms with van der Waals surface area (Å²) in [5, 5.41) is 0. The third-order valence-electron chi connectivity index (χ3n) is 10.2. The maximum absolute atomic E-state index is 12.7. The molecule has 0 radical (unpaired) electrons. The molecule has 0 saturated heterocycles. The van der Waals surface area contributed by atoms with E-state index < -0.39 is 6.10 Å². The minimum Gasteiger partial charge on any atom is -0.462 e. The molecule has 54 heavy (non-hydrogen) atoms. The second-order valence-electron chi connectivity index (χ2n) is 15.7. The number of hydrogen-bond acceptors (Lipinski definition) is 6. The van der Waals surface area contributed by atoms with Crippen molar-refractivity contribution in [3.8, 4) is 0 Å². The van der Waals surface area contributed by atoms with Crippen LogP contribution in [0.15, 0.2) is 24.3 Å². The van der Waals surface area contributed by atoms with Crippen LogP contribution in [0, 0.1) is 0 Å². The monoisotopic (exact) mass is 761 g/mol. The summed E-state index contributed by atoms with van der Waals surface area (Å²) >= 11 is 0. The quantitative estimate of drug-likeness (QED) is 0.0267. The van der Waals surface area contributed by atoms with Crippen LogP contribution in [-0.2, 0) is 28.6 Å². The molecule has 0 spiro atoms. The molecule has 0 fully saturated rings. The Kier molecular flexibility index (Phi) is 41.9.